The molecule has 0 saturated carbocycles. The molecule has 108 valence electrons. The highest BCUT2D eigenvalue weighted by molar-refractivity contribution is 9.10. The summed E-state index contributed by atoms with van der Waals surface area (Å²) < 4.78 is 2.84. The van der Waals surface area contributed by atoms with Crippen LogP contribution in [0.15, 0.2) is 16.7 Å². The average molecular weight is 331 g/mol. The number of nitrogens with zero attached hydrogens (tertiary/aromatic N) is 2. The standard InChI is InChI=1S/C14H23BrN2O2/c1-10(2)16-8-11(15)7-12(16)13(18)17(19-6)9-14(3,4)5/h7-8,10H,9H2,1-6H3. The first-order chi connectivity index (χ1) is 8.65. The van der Waals surface area contributed by atoms with Crippen LogP contribution in [-0.2, 0) is 4.84 Å². The molecular formula is C14H23BrN2O2. The van der Waals surface area contributed by atoms with Gasteiger partial charge in [-0.25, -0.2) is 5.06 Å². The van der Waals surface area contributed by atoms with Crippen LogP contribution in [0.2, 0.25) is 0 Å². The van der Waals surface area contributed by atoms with E-state index in [9.17, 15) is 4.79 Å². The summed E-state index contributed by atoms with van der Waals surface area (Å²) in [6.45, 7) is 10.9. The first-order valence-corrected chi connectivity index (χ1v) is 7.18. The normalized spacial score (nSPS) is 12.0. The Morgan fingerprint density at radius 1 is 1.47 bits per heavy atom. The second-order valence-corrected chi connectivity index (χ2v) is 7.05. The summed E-state index contributed by atoms with van der Waals surface area (Å²) in [5.74, 6) is -0.114. The van der Waals surface area contributed by atoms with Crippen molar-refractivity contribution in [3.63, 3.8) is 0 Å². The zero-order valence-electron chi connectivity index (χ0n) is 12.5. The van der Waals surface area contributed by atoms with Gasteiger partial charge in [-0.1, -0.05) is 20.8 Å². The number of hydroxylamine groups is 2. The van der Waals surface area contributed by atoms with E-state index in [0.717, 1.165) is 4.47 Å². The van der Waals surface area contributed by atoms with Crippen molar-refractivity contribution in [3.05, 3.63) is 22.4 Å². The molecular weight excluding hydrogens is 308 g/mol. The molecule has 0 aliphatic carbocycles. The molecule has 0 N–H and O–H groups in total. The maximum absolute atomic E-state index is 12.6. The lowest BCUT2D eigenvalue weighted by molar-refractivity contribution is -0.111. The van der Waals surface area contributed by atoms with E-state index in [2.05, 4.69) is 36.7 Å². The average Bonchev–Trinajstić information content (AvgIpc) is 2.66. The summed E-state index contributed by atoms with van der Waals surface area (Å²) in [7, 11) is 1.53. The zero-order valence-corrected chi connectivity index (χ0v) is 14.1. The molecule has 0 saturated heterocycles. The molecule has 1 aromatic rings. The summed E-state index contributed by atoms with van der Waals surface area (Å²) in [4.78, 5) is 17.8. The van der Waals surface area contributed by atoms with Crippen molar-refractivity contribution in [2.45, 2.75) is 40.7 Å². The first kappa shape index (κ1) is 16.2. The number of aromatic nitrogens is 1. The lowest BCUT2D eigenvalue weighted by Crippen LogP contribution is -2.38. The van der Waals surface area contributed by atoms with E-state index < -0.39 is 0 Å². The topological polar surface area (TPSA) is 34.5 Å². The van der Waals surface area contributed by atoms with Crippen LogP contribution in [-0.4, -0.2) is 29.2 Å². The van der Waals surface area contributed by atoms with Crippen molar-refractivity contribution in [1.29, 1.82) is 0 Å². The van der Waals surface area contributed by atoms with Crippen LogP contribution in [0.4, 0.5) is 0 Å². The second kappa shape index (κ2) is 6.09. The SMILES string of the molecule is CON(CC(C)(C)C)C(=O)c1cc(Br)cn1C(C)C. The van der Waals surface area contributed by atoms with Crippen LogP contribution in [0.3, 0.4) is 0 Å². The van der Waals surface area contributed by atoms with Gasteiger partial charge in [0.1, 0.15) is 5.69 Å². The van der Waals surface area contributed by atoms with E-state index in [-0.39, 0.29) is 17.4 Å². The van der Waals surface area contributed by atoms with E-state index in [1.54, 1.807) is 0 Å². The van der Waals surface area contributed by atoms with Gasteiger partial charge in [0.15, 0.2) is 0 Å². The molecule has 1 aromatic heterocycles. The van der Waals surface area contributed by atoms with Crippen LogP contribution in [0, 0.1) is 5.41 Å². The third-order valence-corrected chi connectivity index (χ3v) is 3.09. The van der Waals surface area contributed by atoms with E-state index >= 15 is 0 Å². The van der Waals surface area contributed by atoms with Gasteiger partial charge in [-0.3, -0.25) is 9.63 Å². The van der Waals surface area contributed by atoms with E-state index in [1.165, 1.54) is 12.2 Å². The molecule has 1 amide bonds. The Bertz CT molecular complexity index is 447. The lowest BCUT2D eigenvalue weighted by atomic mass is 9.97. The van der Waals surface area contributed by atoms with Gasteiger partial charge in [0, 0.05) is 16.7 Å². The number of halogens is 1. The quantitative estimate of drug-likeness (QED) is 0.785. The molecule has 0 aliphatic rings. The van der Waals surface area contributed by atoms with Gasteiger partial charge in [-0.05, 0) is 41.3 Å². The number of rotatable bonds is 4. The molecule has 19 heavy (non-hydrogen) atoms. The molecule has 0 radical (unpaired) electrons. The Labute approximate surface area is 123 Å². The highest BCUT2D eigenvalue weighted by atomic mass is 79.9. The van der Waals surface area contributed by atoms with Crippen molar-refractivity contribution in [1.82, 2.24) is 9.63 Å². The minimum Gasteiger partial charge on any atom is -0.340 e. The zero-order chi connectivity index (χ0) is 14.8. The number of carbonyl (C=O) groups is 1. The Balaban J connectivity index is 3.04. The van der Waals surface area contributed by atoms with Crippen molar-refractivity contribution >= 4 is 21.8 Å². The van der Waals surface area contributed by atoms with Gasteiger partial charge in [-0.15, -0.1) is 0 Å². The molecule has 1 heterocycles. The highest BCUT2D eigenvalue weighted by Gasteiger charge is 2.25. The predicted octanol–water partition coefficient (Wildman–Crippen LogP) is 3.88. The summed E-state index contributed by atoms with van der Waals surface area (Å²) in [5, 5.41) is 1.42. The number of hydrogen-bond acceptors (Lipinski definition) is 2. The summed E-state index contributed by atoms with van der Waals surface area (Å²) in [5.41, 5.74) is 0.617. The van der Waals surface area contributed by atoms with Crippen LogP contribution < -0.4 is 0 Å². The smallest absolute Gasteiger partial charge is 0.294 e. The Kier molecular flexibility index (Phi) is 5.21. The minimum absolute atomic E-state index is 0.0157. The van der Waals surface area contributed by atoms with Crippen LogP contribution in [0.1, 0.15) is 51.1 Å². The van der Waals surface area contributed by atoms with Crippen molar-refractivity contribution in [2.24, 2.45) is 5.41 Å². The minimum atomic E-state index is -0.114. The monoisotopic (exact) mass is 330 g/mol. The van der Waals surface area contributed by atoms with Crippen LogP contribution in [0.25, 0.3) is 0 Å². The van der Waals surface area contributed by atoms with Gasteiger partial charge >= 0.3 is 0 Å². The molecule has 0 spiro atoms. The van der Waals surface area contributed by atoms with Gasteiger partial charge < -0.3 is 4.57 Å². The highest BCUT2D eigenvalue weighted by Crippen LogP contribution is 2.23. The molecule has 0 atom stereocenters. The molecule has 0 aliphatic heterocycles. The maximum Gasteiger partial charge on any atom is 0.294 e. The van der Waals surface area contributed by atoms with Crippen molar-refractivity contribution in [2.75, 3.05) is 13.7 Å². The van der Waals surface area contributed by atoms with Gasteiger partial charge in [0.05, 0.1) is 13.7 Å². The Morgan fingerprint density at radius 2 is 2.05 bits per heavy atom. The Hall–Kier alpha value is -0.810. The van der Waals surface area contributed by atoms with E-state index in [1.807, 2.05) is 30.7 Å². The fourth-order valence-corrected chi connectivity index (χ4v) is 2.26. The maximum atomic E-state index is 12.6. The molecule has 0 aromatic carbocycles. The Morgan fingerprint density at radius 3 is 2.47 bits per heavy atom. The van der Waals surface area contributed by atoms with Crippen molar-refractivity contribution < 1.29 is 9.63 Å². The van der Waals surface area contributed by atoms with Gasteiger partial charge in [-0.2, -0.15) is 0 Å². The van der Waals surface area contributed by atoms with Crippen molar-refractivity contribution in [3.8, 4) is 0 Å². The number of carbonyl (C=O) groups excluding carboxylic acids is 1. The van der Waals surface area contributed by atoms with Gasteiger partial charge in [0.2, 0.25) is 0 Å². The van der Waals surface area contributed by atoms with Gasteiger partial charge in [0.25, 0.3) is 5.91 Å². The molecule has 0 unspecified atom stereocenters. The second-order valence-electron chi connectivity index (χ2n) is 6.13. The largest absolute Gasteiger partial charge is 0.340 e. The molecule has 0 fully saturated rings. The van der Waals surface area contributed by atoms with E-state index in [4.69, 9.17) is 4.84 Å². The fourth-order valence-electron chi connectivity index (χ4n) is 1.82. The molecule has 4 nitrogen and oxygen atoms in total. The number of hydrogen-bond donors (Lipinski definition) is 0. The predicted molar refractivity (Wildman–Crippen MR) is 80.0 cm³/mol. The third-order valence-electron chi connectivity index (χ3n) is 2.66. The lowest BCUT2D eigenvalue weighted by Gasteiger charge is -2.28. The molecule has 1 rings (SSSR count). The molecule has 0 bridgehead atoms. The van der Waals surface area contributed by atoms with Crippen LogP contribution in [0.5, 0.6) is 0 Å². The summed E-state index contributed by atoms with van der Waals surface area (Å²) in [6, 6.07) is 2.05. The summed E-state index contributed by atoms with van der Waals surface area (Å²) in [6.07, 6.45) is 1.92. The summed E-state index contributed by atoms with van der Waals surface area (Å²) >= 11 is 3.42. The third kappa shape index (κ3) is 4.35. The first-order valence-electron chi connectivity index (χ1n) is 6.39. The fraction of sp³-hybridized carbons (Fsp3) is 0.643. The molecule has 5 heteroatoms. The van der Waals surface area contributed by atoms with E-state index in [0.29, 0.717) is 12.2 Å². The van der Waals surface area contributed by atoms with Crippen LogP contribution >= 0.6 is 15.9 Å². The number of amides is 1.